The van der Waals surface area contributed by atoms with Gasteiger partial charge in [0.05, 0.1) is 12.3 Å². The van der Waals surface area contributed by atoms with Crippen LogP contribution < -0.4 is 5.48 Å². The van der Waals surface area contributed by atoms with Crippen molar-refractivity contribution in [1.29, 1.82) is 0 Å². The van der Waals surface area contributed by atoms with Crippen LogP contribution in [0.1, 0.15) is 20.8 Å². The number of aliphatic hydroxyl groups is 1. The molecular weight excluding hydrogens is 190 g/mol. The van der Waals surface area contributed by atoms with Gasteiger partial charge in [0, 0.05) is 0 Å². The van der Waals surface area contributed by atoms with E-state index in [0.29, 0.717) is 0 Å². The van der Waals surface area contributed by atoms with Gasteiger partial charge in [-0.15, -0.1) is 0 Å². The van der Waals surface area contributed by atoms with E-state index in [4.69, 9.17) is 4.84 Å². The molecule has 15 heavy (non-hydrogen) atoms. The van der Waals surface area contributed by atoms with Crippen molar-refractivity contribution >= 4 is 5.69 Å². The van der Waals surface area contributed by atoms with Gasteiger partial charge < -0.3 is 5.11 Å². The van der Waals surface area contributed by atoms with Crippen molar-refractivity contribution in [1.82, 2.24) is 0 Å². The normalized spacial score (nSPS) is 13.6. The van der Waals surface area contributed by atoms with E-state index in [9.17, 15) is 5.11 Å². The summed E-state index contributed by atoms with van der Waals surface area (Å²) in [5, 5.41) is 9.17. The third-order valence-electron chi connectivity index (χ3n) is 2.22. The van der Waals surface area contributed by atoms with Crippen molar-refractivity contribution < 1.29 is 9.94 Å². The summed E-state index contributed by atoms with van der Waals surface area (Å²) in [6, 6.07) is 9.63. The summed E-state index contributed by atoms with van der Waals surface area (Å²) >= 11 is 0. The van der Waals surface area contributed by atoms with Gasteiger partial charge in [-0.2, -0.15) is 0 Å². The fraction of sp³-hybridized carbons (Fsp3) is 0.500. The van der Waals surface area contributed by atoms with Crippen LogP contribution in [0.3, 0.4) is 0 Å². The lowest BCUT2D eigenvalue weighted by molar-refractivity contribution is -0.0230. The molecule has 0 aliphatic heterocycles. The van der Waals surface area contributed by atoms with Gasteiger partial charge in [-0.25, -0.2) is 0 Å². The van der Waals surface area contributed by atoms with Crippen molar-refractivity contribution in [2.75, 3.05) is 12.1 Å². The number of nitrogens with one attached hydrogen (secondary N) is 1. The number of anilines is 1. The van der Waals surface area contributed by atoms with Crippen molar-refractivity contribution in [2.24, 2.45) is 5.41 Å². The Kier molecular flexibility index (Phi) is 4.12. The molecule has 0 heterocycles. The van der Waals surface area contributed by atoms with E-state index in [0.717, 1.165) is 5.69 Å². The summed E-state index contributed by atoms with van der Waals surface area (Å²) in [6.45, 7) is 6.09. The minimum absolute atomic E-state index is 0.00331. The highest BCUT2D eigenvalue weighted by molar-refractivity contribution is 5.40. The minimum atomic E-state index is -0.224. The lowest BCUT2D eigenvalue weighted by Gasteiger charge is -2.28. The molecule has 1 atom stereocenters. The van der Waals surface area contributed by atoms with Crippen LogP contribution in [0.4, 0.5) is 5.69 Å². The molecule has 1 aromatic carbocycles. The average molecular weight is 209 g/mol. The van der Waals surface area contributed by atoms with Crippen LogP contribution in [0.25, 0.3) is 0 Å². The summed E-state index contributed by atoms with van der Waals surface area (Å²) in [7, 11) is 0. The molecule has 0 fully saturated rings. The Morgan fingerprint density at radius 3 is 2.33 bits per heavy atom. The molecule has 0 saturated carbocycles. The van der Waals surface area contributed by atoms with E-state index in [1.54, 1.807) is 0 Å². The second kappa shape index (κ2) is 5.14. The summed E-state index contributed by atoms with van der Waals surface area (Å²) in [4.78, 5) is 5.44. The first-order chi connectivity index (χ1) is 7.04. The molecule has 0 bridgehead atoms. The molecule has 0 amide bonds. The fourth-order valence-electron chi connectivity index (χ4n) is 1.13. The van der Waals surface area contributed by atoms with E-state index in [1.165, 1.54) is 0 Å². The van der Waals surface area contributed by atoms with Crippen LogP contribution in [0.5, 0.6) is 0 Å². The molecule has 2 N–H and O–H groups in total. The first-order valence-electron chi connectivity index (χ1n) is 5.11. The topological polar surface area (TPSA) is 41.5 Å². The average Bonchev–Trinajstić information content (AvgIpc) is 2.18. The van der Waals surface area contributed by atoms with Crippen molar-refractivity contribution in [3.63, 3.8) is 0 Å². The molecule has 84 valence electrons. The van der Waals surface area contributed by atoms with E-state index >= 15 is 0 Å². The predicted molar refractivity (Wildman–Crippen MR) is 61.5 cm³/mol. The standard InChI is InChI=1S/C12H19NO2/c1-12(2,3)11(9-14)15-13-10-7-5-4-6-8-10/h4-8,11,13-14H,9H2,1-3H3/t11-/m0/s1. The molecule has 0 spiro atoms. The van der Waals surface area contributed by atoms with E-state index in [2.05, 4.69) is 5.48 Å². The number of benzene rings is 1. The second-order valence-electron chi connectivity index (χ2n) is 4.62. The van der Waals surface area contributed by atoms with Gasteiger partial charge in [0.25, 0.3) is 0 Å². The summed E-state index contributed by atoms with van der Waals surface area (Å²) in [5.74, 6) is 0. The van der Waals surface area contributed by atoms with Crippen molar-refractivity contribution in [2.45, 2.75) is 26.9 Å². The van der Waals surface area contributed by atoms with Gasteiger partial charge >= 0.3 is 0 Å². The molecule has 3 nitrogen and oxygen atoms in total. The van der Waals surface area contributed by atoms with E-state index in [1.807, 2.05) is 51.1 Å². The van der Waals surface area contributed by atoms with Gasteiger partial charge in [-0.3, -0.25) is 10.3 Å². The van der Waals surface area contributed by atoms with Crippen LogP contribution in [0.15, 0.2) is 30.3 Å². The van der Waals surface area contributed by atoms with Crippen LogP contribution in [-0.2, 0) is 4.84 Å². The number of rotatable bonds is 4. The molecule has 0 radical (unpaired) electrons. The first-order valence-corrected chi connectivity index (χ1v) is 5.11. The maximum Gasteiger partial charge on any atom is 0.113 e. The third-order valence-corrected chi connectivity index (χ3v) is 2.22. The Labute approximate surface area is 91.0 Å². The molecule has 0 unspecified atom stereocenters. The molecule has 0 aliphatic carbocycles. The smallest absolute Gasteiger partial charge is 0.113 e. The Morgan fingerprint density at radius 2 is 1.87 bits per heavy atom. The predicted octanol–water partition coefficient (Wildman–Crippen LogP) is 2.44. The van der Waals surface area contributed by atoms with Crippen molar-refractivity contribution in [3.05, 3.63) is 30.3 Å². The maximum atomic E-state index is 9.17. The highest BCUT2D eigenvalue weighted by Crippen LogP contribution is 2.22. The Morgan fingerprint density at radius 1 is 1.27 bits per heavy atom. The van der Waals surface area contributed by atoms with Crippen LogP contribution in [-0.4, -0.2) is 17.8 Å². The lowest BCUT2D eigenvalue weighted by atomic mass is 9.90. The molecular formula is C12H19NO2. The molecule has 0 aromatic heterocycles. The van der Waals surface area contributed by atoms with E-state index in [-0.39, 0.29) is 18.1 Å². The number of aliphatic hydroxyl groups excluding tert-OH is 1. The summed E-state index contributed by atoms with van der Waals surface area (Å²) in [6.07, 6.45) is -0.224. The van der Waals surface area contributed by atoms with Crippen LogP contribution >= 0.6 is 0 Å². The zero-order chi connectivity index (χ0) is 11.3. The lowest BCUT2D eigenvalue weighted by Crippen LogP contribution is -2.34. The Bertz CT molecular complexity index is 279. The second-order valence-corrected chi connectivity index (χ2v) is 4.62. The fourth-order valence-corrected chi connectivity index (χ4v) is 1.13. The molecule has 1 rings (SSSR count). The maximum absolute atomic E-state index is 9.17. The van der Waals surface area contributed by atoms with Gasteiger partial charge in [0.1, 0.15) is 6.10 Å². The summed E-state index contributed by atoms with van der Waals surface area (Å²) < 4.78 is 0. The highest BCUT2D eigenvalue weighted by Gasteiger charge is 2.25. The largest absolute Gasteiger partial charge is 0.394 e. The molecule has 1 aromatic rings. The third kappa shape index (κ3) is 3.90. The van der Waals surface area contributed by atoms with Crippen LogP contribution in [0, 0.1) is 5.41 Å². The first kappa shape index (κ1) is 12.0. The van der Waals surface area contributed by atoms with Gasteiger partial charge in [-0.05, 0) is 17.5 Å². The quantitative estimate of drug-likeness (QED) is 0.748. The van der Waals surface area contributed by atoms with Gasteiger partial charge in [0.15, 0.2) is 0 Å². The van der Waals surface area contributed by atoms with Gasteiger partial charge in [0.2, 0.25) is 0 Å². The molecule has 0 aliphatic rings. The zero-order valence-corrected chi connectivity index (χ0v) is 9.53. The van der Waals surface area contributed by atoms with Crippen LogP contribution in [0.2, 0.25) is 0 Å². The Balaban J connectivity index is 2.49. The van der Waals surface area contributed by atoms with E-state index < -0.39 is 0 Å². The minimum Gasteiger partial charge on any atom is -0.394 e. The van der Waals surface area contributed by atoms with Gasteiger partial charge in [-0.1, -0.05) is 39.0 Å². The molecule has 0 saturated heterocycles. The summed E-state index contributed by atoms with van der Waals surface area (Å²) in [5.41, 5.74) is 3.64. The number of hydrogen-bond acceptors (Lipinski definition) is 3. The Hall–Kier alpha value is -1.06. The zero-order valence-electron chi connectivity index (χ0n) is 9.53. The monoisotopic (exact) mass is 209 g/mol. The highest BCUT2D eigenvalue weighted by atomic mass is 16.7. The number of para-hydroxylation sites is 1. The SMILES string of the molecule is CC(C)(C)[C@H](CO)ONc1ccccc1. The molecule has 3 heteroatoms. The van der Waals surface area contributed by atoms with Crippen molar-refractivity contribution in [3.8, 4) is 0 Å². The number of hydrogen-bond donors (Lipinski definition) is 2.